The zero-order chi connectivity index (χ0) is 14.4. The number of aryl methyl sites for hydroxylation is 1. The third-order valence-corrected chi connectivity index (χ3v) is 5.48. The van der Waals surface area contributed by atoms with Crippen molar-refractivity contribution in [2.24, 2.45) is 0 Å². The highest BCUT2D eigenvalue weighted by molar-refractivity contribution is 7.89. The van der Waals surface area contributed by atoms with Gasteiger partial charge in [0.05, 0.1) is 11.3 Å². The van der Waals surface area contributed by atoms with E-state index in [0.717, 1.165) is 5.56 Å². The molecule has 0 saturated carbocycles. The summed E-state index contributed by atoms with van der Waals surface area (Å²) in [4.78, 5) is 3.89. The van der Waals surface area contributed by atoms with Crippen molar-refractivity contribution < 1.29 is 8.42 Å². The van der Waals surface area contributed by atoms with Crippen LogP contribution in [0.15, 0.2) is 24.5 Å². The maximum absolute atomic E-state index is 12.1. The second kappa shape index (κ2) is 7.43. The van der Waals surface area contributed by atoms with Crippen LogP contribution in [-0.4, -0.2) is 36.5 Å². The summed E-state index contributed by atoms with van der Waals surface area (Å²) in [6, 6.07) is 3.59. The predicted octanol–water partition coefficient (Wildman–Crippen LogP) is 2.17. The highest BCUT2D eigenvalue weighted by atomic mass is 35.5. The summed E-state index contributed by atoms with van der Waals surface area (Å²) in [7, 11) is -3.41. The summed E-state index contributed by atoms with van der Waals surface area (Å²) in [5.74, 6) is 0.315. The topological polar surface area (TPSA) is 59.1 Å². The van der Waals surface area contributed by atoms with Gasteiger partial charge in [0.2, 0.25) is 10.0 Å². The molecule has 1 N–H and O–H groups in total. The van der Waals surface area contributed by atoms with Crippen molar-refractivity contribution in [3.05, 3.63) is 30.1 Å². The molecule has 0 atom stereocenters. The average Bonchev–Trinajstić information content (AvgIpc) is 2.44. The standard InChI is InChI=1S/C12H18Cl2N2O2S/c1-2-12(9-13,10-14)16-19(17,18)8-5-11-3-6-15-7-4-11/h3-4,6-7,16H,2,5,8-10H2,1H3. The lowest BCUT2D eigenvalue weighted by Crippen LogP contribution is -2.52. The average molecular weight is 325 g/mol. The van der Waals surface area contributed by atoms with Crippen LogP contribution in [-0.2, 0) is 16.4 Å². The summed E-state index contributed by atoms with van der Waals surface area (Å²) >= 11 is 11.7. The first-order valence-corrected chi connectivity index (χ1v) is 8.71. The van der Waals surface area contributed by atoms with Crippen LogP contribution in [0.25, 0.3) is 0 Å². The molecule has 0 aliphatic carbocycles. The summed E-state index contributed by atoms with van der Waals surface area (Å²) in [6.45, 7) is 1.86. The maximum Gasteiger partial charge on any atom is 0.212 e. The number of sulfonamides is 1. The molecule has 0 radical (unpaired) electrons. The highest BCUT2D eigenvalue weighted by Gasteiger charge is 2.31. The Bertz CT molecular complexity index is 467. The van der Waals surface area contributed by atoms with Crippen LogP contribution in [0.2, 0.25) is 0 Å². The summed E-state index contributed by atoms with van der Waals surface area (Å²) in [5.41, 5.74) is 0.166. The molecular weight excluding hydrogens is 307 g/mol. The van der Waals surface area contributed by atoms with Crippen molar-refractivity contribution in [1.82, 2.24) is 9.71 Å². The van der Waals surface area contributed by atoms with E-state index in [1.54, 1.807) is 24.5 Å². The fraction of sp³-hybridized carbons (Fsp3) is 0.583. The molecule has 0 fully saturated rings. The van der Waals surface area contributed by atoms with Gasteiger partial charge in [0.25, 0.3) is 0 Å². The van der Waals surface area contributed by atoms with E-state index in [1.807, 2.05) is 6.92 Å². The van der Waals surface area contributed by atoms with Gasteiger partial charge in [-0.05, 0) is 30.5 Å². The van der Waals surface area contributed by atoms with Crippen molar-refractivity contribution in [1.29, 1.82) is 0 Å². The van der Waals surface area contributed by atoms with Gasteiger partial charge < -0.3 is 0 Å². The molecule has 0 aliphatic heterocycles. The summed E-state index contributed by atoms with van der Waals surface area (Å²) < 4.78 is 26.7. The number of nitrogens with zero attached hydrogens (tertiary/aromatic N) is 1. The number of rotatable bonds is 8. The molecule has 0 saturated heterocycles. The zero-order valence-corrected chi connectivity index (χ0v) is 13.1. The van der Waals surface area contributed by atoms with Gasteiger partial charge in [-0.2, -0.15) is 0 Å². The number of hydrogen-bond donors (Lipinski definition) is 1. The fourth-order valence-corrected chi connectivity index (χ4v) is 4.04. The minimum atomic E-state index is -3.41. The third-order valence-electron chi connectivity index (χ3n) is 2.97. The molecule has 19 heavy (non-hydrogen) atoms. The molecule has 7 heteroatoms. The van der Waals surface area contributed by atoms with Crippen LogP contribution in [0.5, 0.6) is 0 Å². The largest absolute Gasteiger partial charge is 0.265 e. The van der Waals surface area contributed by atoms with E-state index in [1.165, 1.54) is 0 Å². The van der Waals surface area contributed by atoms with E-state index < -0.39 is 15.6 Å². The van der Waals surface area contributed by atoms with Crippen LogP contribution in [0, 0.1) is 0 Å². The van der Waals surface area contributed by atoms with Gasteiger partial charge in [0.15, 0.2) is 0 Å². The lowest BCUT2D eigenvalue weighted by molar-refractivity contribution is 0.449. The molecule has 1 aromatic heterocycles. The SMILES string of the molecule is CCC(CCl)(CCl)NS(=O)(=O)CCc1ccncc1. The Balaban J connectivity index is 2.66. The number of nitrogens with one attached hydrogen (secondary N) is 1. The minimum Gasteiger partial charge on any atom is -0.265 e. The van der Waals surface area contributed by atoms with Gasteiger partial charge >= 0.3 is 0 Å². The van der Waals surface area contributed by atoms with E-state index in [4.69, 9.17) is 23.2 Å². The van der Waals surface area contributed by atoms with E-state index in [0.29, 0.717) is 12.8 Å². The second-order valence-corrected chi connectivity index (χ2v) is 6.80. The summed E-state index contributed by atoms with van der Waals surface area (Å²) in [5, 5.41) is 0. The van der Waals surface area contributed by atoms with Gasteiger partial charge in [-0.15, -0.1) is 23.2 Å². The molecule has 0 amide bonds. The van der Waals surface area contributed by atoms with Crippen LogP contribution in [0.4, 0.5) is 0 Å². The van der Waals surface area contributed by atoms with Gasteiger partial charge in [0, 0.05) is 24.2 Å². The van der Waals surface area contributed by atoms with Gasteiger partial charge in [0.1, 0.15) is 0 Å². The Morgan fingerprint density at radius 3 is 2.32 bits per heavy atom. The number of aromatic nitrogens is 1. The molecule has 1 heterocycles. The second-order valence-electron chi connectivity index (χ2n) is 4.43. The molecular formula is C12H18Cl2N2O2S. The van der Waals surface area contributed by atoms with E-state index in [9.17, 15) is 8.42 Å². The maximum atomic E-state index is 12.1. The quantitative estimate of drug-likeness (QED) is 0.745. The van der Waals surface area contributed by atoms with Gasteiger partial charge in [-0.3, -0.25) is 4.98 Å². The Morgan fingerprint density at radius 1 is 1.26 bits per heavy atom. The number of pyridine rings is 1. The summed E-state index contributed by atoms with van der Waals surface area (Å²) in [6.07, 6.45) is 4.27. The lowest BCUT2D eigenvalue weighted by Gasteiger charge is -2.29. The Hall–Kier alpha value is -0.360. The van der Waals surface area contributed by atoms with Crippen molar-refractivity contribution >= 4 is 33.2 Å². The van der Waals surface area contributed by atoms with Crippen molar-refractivity contribution in [2.45, 2.75) is 25.3 Å². The zero-order valence-electron chi connectivity index (χ0n) is 10.8. The van der Waals surface area contributed by atoms with Crippen LogP contribution in [0.3, 0.4) is 0 Å². The molecule has 108 valence electrons. The smallest absolute Gasteiger partial charge is 0.212 e. The molecule has 4 nitrogen and oxygen atoms in total. The first-order valence-electron chi connectivity index (χ1n) is 5.99. The van der Waals surface area contributed by atoms with E-state index >= 15 is 0 Å². The van der Waals surface area contributed by atoms with Gasteiger partial charge in [-0.1, -0.05) is 6.92 Å². The molecule has 0 aromatic carbocycles. The van der Waals surface area contributed by atoms with Crippen LogP contribution in [0.1, 0.15) is 18.9 Å². The molecule has 1 rings (SSSR count). The van der Waals surface area contributed by atoms with Crippen molar-refractivity contribution in [2.75, 3.05) is 17.5 Å². The number of halogens is 2. The monoisotopic (exact) mass is 324 g/mol. The van der Waals surface area contributed by atoms with Crippen molar-refractivity contribution in [3.63, 3.8) is 0 Å². The van der Waals surface area contributed by atoms with Gasteiger partial charge in [-0.25, -0.2) is 13.1 Å². The molecule has 0 unspecified atom stereocenters. The lowest BCUT2D eigenvalue weighted by atomic mass is 10.0. The minimum absolute atomic E-state index is 0.00649. The molecule has 0 spiro atoms. The predicted molar refractivity (Wildman–Crippen MR) is 79.3 cm³/mol. The Kier molecular flexibility index (Phi) is 6.53. The van der Waals surface area contributed by atoms with E-state index in [2.05, 4.69) is 9.71 Å². The van der Waals surface area contributed by atoms with Crippen LogP contribution < -0.4 is 4.72 Å². The number of alkyl halides is 2. The Labute approximate surface area is 124 Å². The van der Waals surface area contributed by atoms with E-state index in [-0.39, 0.29) is 17.5 Å². The first-order chi connectivity index (χ1) is 8.97. The third kappa shape index (κ3) is 5.26. The molecule has 1 aromatic rings. The molecule has 0 aliphatic rings. The highest BCUT2D eigenvalue weighted by Crippen LogP contribution is 2.16. The fourth-order valence-electron chi connectivity index (χ4n) is 1.53. The Morgan fingerprint density at radius 2 is 1.84 bits per heavy atom. The van der Waals surface area contributed by atoms with Crippen LogP contribution >= 0.6 is 23.2 Å². The normalized spacial score (nSPS) is 12.6. The molecule has 0 bridgehead atoms. The first kappa shape index (κ1) is 16.7. The number of hydrogen-bond acceptors (Lipinski definition) is 3. The van der Waals surface area contributed by atoms with Crippen molar-refractivity contribution in [3.8, 4) is 0 Å².